The summed E-state index contributed by atoms with van der Waals surface area (Å²) in [5.41, 5.74) is 9.35. The van der Waals surface area contributed by atoms with Gasteiger partial charge in [0.1, 0.15) is 5.52 Å². The predicted molar refractivity (Wildman–Crippen MR) is 68.1 cm³/mol. The van der Waals surface area contributed by atoms with E-state index in [1.54, 1.807) is 0 Å². The van der Waals surface area contributed by atoms with E-state index < -0.39 is 0 Å². The Labute approximate surface area is 102 Å². The molecule has 0 aliphatic carbocycles. The van der Waals surface area contributed by atoms with Gasteiger partial charge in [0.05, 0.1) is 12.1 Å². The van der Waals surface area contributed by atoms with Crippen LogP contribution in [0.3, 0.4) is 0 Å². The average molecular weight is 245 g/mol. The molecule has 0 saturated heterocycles. The third kappa shape index (κ3) is 2.01. The van der Waals surface area contributed by atoms with E-state index in [1.807, 2.05) is 30.5 Å². The van der Waals surface area contributed by atoms with Crippen molar-refractivity contribution in [2.75, 3.05) is 5.73 Å². The van der Waals surface area contributed by atoms with Crippen LogP contribution in [0.2, 0.25) is 0 Å². The van der Waals surface area contributed by atoms with Crippen molar-refractivity contribution in [2.24, 2.45) is 0 Å². The number of hydrogen-bond acceptors (Lipinski definition) is 5. The fraction of sp³-hybridized carbons (Fsp3) is 0.167. The number of oxazole rings is 1. The molecule has 0 spiro atoms. The molecule has 0 saturated carbocycles. The van der Waals surface area contributed by atoms with Crippen LogP contribution in [0.4, 0.5) is 5.13 Å². The van der Waals surface area contributed by atoms with Crippen molar-refractivity contribution in [3.63, 3.8) is 0 Å². The van der Waals surface area contributed by atoms with Gasteiger partial charge in [-0.05, 0) is 24.6 Å². The van der Waals surface area contributed by atoms with Crippen molar-refractivity contribution in [3.05, 3.63) is 40.7 Å². The van der Waals surface area contributed by atoms with Gasteiger partial charge in [0.2, 0.25) is 5.89 Å². The predicted octanol–water partition coefficient (Wildman–Crippen LogP) is 2.77. The van der Waals surface area contributed by atoms with Crippen molar-refractivity contribution >= 4 is 27.6 Å². The van der Waals surface area contributed by atoms with Gasteiger partial charge >= 0.3 is 0 Å². The van der Waals surface area contributed by atoms with Crippen molar-refractivity contribution < 1.29 is 4.42 Å². The number of nitrogens with zero attached hydrogens (tertiary/aromatic N) is 2. The number of anilines is 1. The highest BCUT2D eigenvalue weighted by Gasteiger charge is 2.08. The summed E-state index contributed by atoms with van der Waals surface area (Å²) < 4.78 is 5.67. The highest BCUT2D eigenvalue weighted by molar-refractivity contribution is 7.13. The lowest BCUT2D eigenvalue weighted by atomic mass is 10.2. The van der Waals surface area contributed by atoms with E-state index in [0.717, 1.165) is 22.4 Å². The highest BCUT2D eigenvalue weighted by atomic mass is 32.1. The summed E-state index contributed by atoms with van der Waals surface area (Å²) >= 11 is 1.43. The van der Waals surface area contributed by atoms with Gasteiger partial charge in [-0.15, -0.1) is 11.3 Å². The van der Waals surface area contributed by atoms with Gasteiger partial charge in [0.25, 0.3) is 0 Å². The minimum atomic E-state index is 0.576. The van der Waals surface area contributed by atoms with Crippen LogP contribution in [-0.2, 0) is 6.42 Å². The zero-order chi connectivity index (χ0) is 11.8. The van der Waals surface area contributed by atoms with E-state index in [4.69, 9.17) is 10.2 Å². The minimum absolute atomic E-state index is 0.576. The first kappa shape index (κ1) is 10.3. The number of benzene rings is 1. The number of nitrogen functional groups attached to an aromatic ring is 1. The molecule has 2 heterocycles. The Morgan fingerprint density at radius 3 is 3.00 bits per heavy atom. The lowest BCUT2D eigenvalue weighted by Crippen LogP contribution is -1.89. The van der Waals surface area contributed by atoms with Crippen LogP contribution in [-0.4, -0.2) is 9.97 Å². The summed E-state index contributed by atoms with van der Waals surface area (Å²) in [6.07, 6.45) is 0.585. The third-order valence-electron chi connectivity index (χ3n) is 2.49. The minimum Gasteiger partial charge on any atom is -0.440 e. The Balaban J connectivity index is 1.95. The maximum absolute atomic E-state index is 5.67. The summed E-state index contributed by atoms with van der Waals surface area (Å²) in [6, 6.07) is 5.98. The molecule has 3 rings (SSSR count). The number of hydrogen-bond donors (Lipinski definition) is 1. The number of aryl methyl sites for hydroxylation is 1. The topological polar surface area (TPSA) is 64.9 Å². The molecular weight excluding hydrogens is 234 g/mol. The fourth-order valence-corrected chi connectivity index (χ4v) is 2.28. The van der Waals surface area contributed by atoms with Crippen LogP contribution < -0.4 is 5.73 Å². The van der Waals surface area contributed by atoms with Gasteiger partial charge in [-0.25, -0.2) is 9.97 Å². The summed E-state index contributed by atoms with van der Waals surface area (Å²) in [6.45, 7) is 2.03. The number of rotatable bonds is 2. The molecule has 4 nitrogen and oxygen atoms in total. The van der Waals surface area contributed by atoms with Crippen molar-refractivity contribution in [2.45, 2.75) is 13.3 Å². The second-order valence-electron chi connectivity index (χ2n) is 3.93. The van der Waals surface area contributed by atoms with Gasteiger partial charge in [0, 0.05) is 5.38 Å². The summed E-state index contributed by atoms with van der Waals surface area (Å²) in [5.74, 6) is 0.677. The Morgan fingerprint density at radius 1 is 1.35 bits per heavy atom. The van der Waals surface area contributed by atoms with Crippen molar-refractivity contribution in [1.82, 2.24) is 9.97 Å². The van der Waals surface area contributed by atoms with E-state index in [0.29, 0.717) is 17.4 Å². The SMILES string of the molecule is Cc1ccc2nc(Cc3csc(N)n3)oc2c1. The summed E-state index contributed by atoms with van der Waals surface area (Å²) in [4.78, 5) is 8.61. The smallest absolute Gasteiger partial charge is 0.201 e. The zero-order valence-electron chi connectivity index (χ0n) is 9.30. The van der Waals surface area contributed by atoms with Crippen LogP contribution >= 0.6 is 11.3 Å². The lowest BCUT2D eigenvalue weighted by Gasteiger charge is -1.89. The maximum Gasteiger partial charge on any atom is 0.201 e. The van der Waals surface area contributed by atoms with Crippen LogP contribution in [0.1, 0.15) is 17.1 Å². The summed E-state index contributed by atoms with van der Waals surface area (Å²) in [7, 11) is 0. The molecule has 0 aliphatic rings. The normalized spacial score (nSPS) is 11.1. The van der Waals surface area contributed by atoms with Gasteiger partial charge in [-0.1, -0.05) is 6.07 Å². The Bertz CT molecular complexity index is 671. The number of fused-ring (bicyclic) bond motifs is 1. The van der Waals surface area contributed by atoms with Crippen molar-refractivity contribution in [1.29, 1.82) is 0 Å². The Morgan fingerprint density at radius 2 is 2.24 bits per heavy atom. The Hall–Kier alpha value is -1.88. The number of nitrogens with two attached hydrogens (primary N) is 1. The average Bonchev–Trinajstić information content (AvgIpc) is 2.84. The second kappa shape index (κ2) is 3.85. The molecule has 0 bridgehead atoms. The molecule has 17 heavy (non-hydrogen) atoms. The van der Waals surface area contributed by atoms with Gasteiger partial charge in [-0.2, -0.15) is 0 Å². The number of thiazole rings is 1. The van der Waals surface area contributed by atoms with Gasteiger partial charge < -0.3 is 10.2 Å². The van der Waals surface area contributed by atoms with Crippen LogP contribution in [0.5, 0.6) is 0 Å². The molecular formula is C12H11N3OS. The van der Waals surface area contributed by atoms with Crippen LogP contribution in [0.15, 0.2) is 28.0 Å². The first-order valence-electron chi connectivity index (χ1n) is 5.26. The van der Waals surface area contributed by atoms with Crippen LogP contribution in [0, 0.1) is 6.92 Å². The highest BCUT2D eigenvalue weighted by Crippen LogP contribution is 2.20. The molecule has 3 aromatic rings. The molecule has 2 aromatic heterocycles. The largest absolute Gasteiger partial charge is 0.440 e. The van der Waals surface area contributed by atoms with Gasteiger partial charge in [0.15, 0.2) is 10.7 Å². The Kier molecular flexibility index (Phi) is 2.33. The fourth-order valence-electron chi connectivity index (χ4n) is 1.71. The molecule has 0 amide bonds. The molecule has 0 aliphatic heterocycles. The zero-order valence-corrected chi connectivity index (χ0v) is 10.1. The molecule has 0 radical (unpaired) electrons. The van der Waals surface area contributed by atoms with E-state index in [-0.39, 0.29) is 0 Å². The molecule has 5 heteroatoms. The maximum atomic E-state index is 5.67. The van der Waals surface area contributed by atoms with E-state index >= 15 is 0 Å². The standard InChI is InChI=1S/C12H11N3OS/c1-7-2-3-9-10(4-7)16-11(15-9)5-8-6-17-12(13)14-8/h2-4,6H,5H2,1H3,(H2,13,14). The quantitative estimate of drug-likeness (QED) is 0.754. The molecule has 0 unspecified atom stereocenters. The molecule has 1 aromatic carbocycles. The monoisotopic (exact) mass is 245 g/mol. The number of aromatic nitrogens is 2. The van der Waals surface area contributed by atoms with Crippen LogP contribution in [0.25, 0.3) is 11.1 Å². The van der Waals surface area contributed by atoms with E-state index in [9.17, 15) is 0 Å². The van der Waals surface area contributed by atoms with Gasteiger partial charge in [-0.3, -0.25) is 0 Å². The molecule has 2 N–H and O–H groups in total. The second-order valence-corrected chi connectivity index (χ2v) is 4.82. The van der Waals surface area contributed by atoms with E-state index in [1.165, 1.54) is 11.3 Å². The third-order valence-corrected chi connectivity index (χ3v) is 3.21. The molecule has 86 valence electrons. The molecule has 0 atom stereocenters. The first-order valence-corrected chi connectivity index (χ1v) is 6.14. The van der Waals surface area contributed by atoms with Crippen molar-refractivity contribution in [3.8, 4) is 0 Å². The van der Waals surface area contributed by atoms with E-state index in [2.05, 4.69) is 9.97 Å². The molecule has 0 fully saturated rings. The first-order chi connectivity index (χ1) is 8.20. The lowest BCUT2D eigenvalue weighted by molar-refractivity contribution is 0.542. The summed E-state index contributed by atoms with van der Waals surface area (Å²) in [5, 5.41) is 2.50.